The highest BCUT2D eigenvalue weighted by molar-refractivity contribution is 6.33. The molecule has 0 bridgehead atoms. The van der Waals surface area contributed by atoms with Crippen molar-refractivity contribution in [3.8, 4) is 0 Å². The van der Waals surface area contributed by atoms with E-state index in [1.807, 2.05) is 18.2 Å². The van der Waals surface area contributed by atoms with Gasteiger partial charge in [0, 0.05) is 52.5 Å². The van der Waals surface area contributed by atoms with Gasteiger partial charge in [-0.25, -0.2) is 0 Å². The molecule has 2 rings (SSSR count). The molecule has 0 aliphatic carbocycles. The third kappa shape index (κ3) is 5.15. The molecule has 0 aromatic heterocycles. The molecule has 118 valence electrons. The van der Waals surface area contributed by atoms with Crippen molar-refractivity contribution in [2.24, 2.45) is 5.73 Å². The Kier molecular flexibility index (Phi) is 6.77. The van der Waals surface area contributed by atoms with Crippen molar-refractivity contribution in [2.75, 3.05) is 51.3 Å². The SMILES string of the molecule is COCCCC(N)CN1CCN(c2ccccc2Cl)CC1. The van der Waals surface area contributed by atoms with Crippen LogP contribution in [-0.2, 0) is 4.74 Å². The van der Waals surface area contributed by atoms with Gasteiger partial charge in [0.15, 0.2) is 0 Å². The Labute approximate surface area is 132 Å². The maximum atomic E-state index is 6.26. The van der Waals surface area contributed by atoms with Crippen LogP contribution in [0.3, 0.4) is 0 Å². The molecule has 4 nitrogen and oxygen atoms in total. The topological polar surface area (TPSA) is 41.7 Å². The average molecular weight is 312 g/mol. The van der Waals surface area contributed by atoms with Crippen molar-refractivity contribution >= 4 is 17.3 Å². The lowest BCUT2D eigenvalue weighted by molar-refractivity contribution is 0.183. The summed E-state index contributed by atoms with van der Waals surface area (Å²) in [6, 6.07) is 8.30. The third-order valence-electron chi connectivity index (χ3n) is 3.98. The van der Waals surface area contributed by atoms with Crippen LogP contribution >= 0.6 is 11.6 Å². The molecule has 0 radical (unpaired) electrons. The minimum atomic E-state index is 0.243. The van der Waals surface area contributed by atoms with E-state index in [9.17, 15) is 0 Å². The first kappa shape index (κ1) is 16.6. The number of anilines is 1. The summed E-state index contributed by atoms with van der Waals surface area (Å²) in [6.07, 6.45) is 2.07. The van der Waals surface area contributed by atoms with E-state index in [1.54, 1.807) is 7.11 Å². The summed E-state index contributed by atoms with van der Waals surface area (Å²) in [5.74, 6) is 0. The van der Waals surface area contributed by atoms with Crippen LogP contribution in [-0.4, -0.2) is 57.4 Å². The molecular formula is C16H26ClN3O. The molecule has 0 spiro atoms. The van der Waals surface area contributed by atoms with Crippen LogP contribution in [0, 0.1) is 0 Å². The fourth-order valence-corrected chi connectivity index (χ4v) is 3.05. The highest BCUT2D eigenvalue weighted by Gasteiger charge is 2.19. The summed E-state index contributed by atoms with van der Waals surface area (Å²) < 4.78 is 5.07. The van der Waals surface area contributed by atoms with Gasteiger partial charge in [-0.3, -0.25) is 4.90 Å². The van der Waals surface area contributed by atoms with Gasteiger partial charge in [0.1, 0.15) is 0 Å². The predicted octanol–water partition coefficient (Wildman–Crippen LogP) is 2.22. The number of piperazine rings is 1. The second-order valence-corrected chi connectivity index (χ2v) is 6.04. The molecule has 0 amide bonds. The van der Waals surface area contributed by atoms with Gasteiger partial charge in [0.25, 0.3) is 0 Å². The van der Waals surface area contributed by atoms with Crippen molar-refractivity contribution in [3.63, 3.8) is 0 Å². The molecule has 0 saturated carbocycles. The number of nitrogens with two attached hydrogens (primary N) is 1. The second kappa shape index (κ2) is 8.59. The lowest BCUT2D eigenvalue weighted by Crippen LogP contribution is -2.50. The molecule has 1 unspecified atom stereocenters. The van der Waals surface area contributed by atoms with E-state index < -0.39 is 0 Å². The number of hydrogen-bond acceptors (Lipinski definition) is 4. The molecule has 1 heterocycles. The largest absolute Gasteiger partial charge is 0.385 e. The Balaban J connectivity index is 1.74. The zero-order valence-electron chi connectivity index (χ0n) is 12.8. The van der Waals surface area contributed by atoms with E-state index in [-0.39, 0.29) is 6.04 Å². The Hall–Kier alpha value is -0.810. The Morgan fingerprint density at radius 2 is 1.95 bits per heavy atom. The third-order valence-corrected chi connectivity index (χ3v) is 4.30. The van der Waals surface area contributed by atoms with Crippen LogP contribution in [0.15, 0.2) is 24.3 Å². The summed E-state index contributed by atoms with van der Waals surface area (Å²) in [5.41, 5.74) is 7.33. The highest BCUT2D eigenvalue weighted by Crippen LogP contribution is 2.25. The second-order valence-electron chi connectivity index (χ2n) is 5.63. The molecule has 2 N–H and O–H groups in total. The van der Waals surface area contributed by atoms with Gasteiger partial charge in [-0.2, -0.15) is 0 Å². The first-order valence-corrected chi connectivity index (χ1v) is 8.05. The molecule has 21 heavy (non-hydrogen) atoms. The summed E-state index contributed by atoms with van der Waals surface area (Å²) in [6.45, 7) is 5.88. The number of hydrogen-bond donors (Lipinski definition) is 1. The summed E-state index contributed by atoms with van der Waals surface area (Å²) in [5, 5.41) is 0.835. The molecule has 1 saturated heterocycles. The first-order valence-electron chi connectivity index (χ1n) is 7.67. The van der Waals surface area contributed by atoms with E-state index in [4.69, 9.17) is 22.1 Å². The monoisotopic (exact) mass is 311 g/mol. The van der Waals surface area contributed by atoms with Crippen LogP contribution in [0.4, 0.5) is 5.69 Å². The van der Waals surface area contributed by atoms with Gasteiger partial charge in [0.2, 0.25) is 0 Å². The summed E-state index contributed by atoms with van der Waals surface area (Å²) in [7, 11) is 1.74. The van der Waals surface area contributed by atoms with E-state index in [1.165, 1.54) is 0 Å². The Morgan fingerprint density at radius 3 is 2.62 bits per heavy atom. The van der Waals surface area contributed by atoms with E-state index >= 15 is 0 Å². The van der Waals surface area contributed by atoms with E-state index in [2.05, 4.69) is 15.9 Å². The number of rotatable bonds is 7. The van der Waals surface area contributed by atoms with Crippen molar-refractivity contribution in [3.05, 3.63) is 29.3 Å². The zero-order valence-corrected chi connectivity index (χ0v) is 13.6. The Bertz CT molecular complexity index is 422. The molecule has 1 aromatic rings. The molecular weight excluding hydrogens is 286 g/mol. The zero-order chi connectivity index (χ0) is 15.1. The normalized spacial score (nSPS) is 18.0. The number of nitrogens with zero attached hydrogens (tertiary/aromatic N) is 2. The molecule has 5 heteroatoms. The molecule has 1 aromatic carbocycles. The predicted molar refractivity (Wildman–Crippen MR) is 89.2 cm³/mol. The number of methoxy groups -OCH3 is 1. The highest BCUT2D eigenvalue weighted by atomic mass is 35.5. The van der Waals surface area contributed by atoms with Crippen LogP contribution in [0.2, 0.25) is 5.02 Å². The maximum absolute atomic E-state index is 6.26. The average Bonchev–Trinajstić information content (AvgIpc) is 2.49. The van der Waals surface area contributed by atoms with Gasteiger partial charge >= 0.3 is 0 Å². The van der Waals surface area contributed by atoms with Crippen LogP contribution in [0.25, 0.3) is 0 Å². The van der Waals surface area contributed by atoms with Crippen LogP contribution < -0.4 is 10.6 Å². The number of benzene rings is 1. The van der Waals surface area contributed by atoms with Gasteiger partial charge in [-0.1, -0.05) is 23.7 Å². The van der Waals surface area contributed by atoms with E-state index in [0.29, 0.717) is 0 Å². The van der Waals surface area contributed by atoms with Crippen molar-refractivity contribution in [2.45, 2.75) is 18.9 Å². The molecule has 1 fully saturated rings. The van der Waals surface area contributed by atoms with E-state index in [0.717, 1.165) is 62.9 Å². The minimum absolute atomic E-state index is 0.243. The van der Waals surface area contributed by atoms with Gasteiger partial charge in [-0.15, -0.1) is 0 Å². The maximum Gasteiger partial charge on any atom is 0.0639 e. The lowest BCUT2D eigenvalue weighted by Gasteiger charge is -2.37. The lowest BCUT2D eigenvalue weighted by atomic mass is 10.1. The van der Waals surface area contributed by atoms with Gasteiger partial charge < -0.3 is 15.4 Å². The fourth-order valence-electron chi connectivity index (χ4n) is 2.79. The van der Waals surface area contributed by atoms with Gasteiger partial charge in [-0.05, 0) is 25.0 Å². The van der Waals surface area contributed by atoms with Crippen molar-refractivity contribution < 1.29 is 4.74 Å². The fraction of sp³-hybridized carbons (Fsp3) is 0.625. The first-order chi connectivity index (χ1) is 10.2. The summed E-state index contributed by atoms with van der Waals surface area (Å²) in [4.78, 5) is 4.81. The minimum Gasteiger partial charge on any atom is -0.385 e. The number of halogens is 1. The molecule has 1 aliphatic rings. The number of ether oxygens (including phenoxy) is 1. The van der Waals surface area contributed by atoms with Crippen LogP contribution in [0.5, 0.6) is 0 Å². The quantitative estimate of drug-likeness (QED) is 0.784. The summed E-state index contributed by atoms with van der Waals surface area (Å²) >= 11 is 6.26. The van der Waals surface area contributed by atoms with Crippen LogP contribution in [0.1, 0.15) is 12.8 Å². The Morgan fingerprint density at radius 1 is 1.24 bits per heavy atom. The molecule has 1 aliphatic heterocycles. The van der Waals surface area contributed by atoms with Crippen molar-refractivity contribution in [1.29, 1.82) is 0 Å². The standard InChI is InChI=1S/C16H26ClN3O/c1-21-12-4-5-14(18)13-19-8-10-20(11-9-19)16-7-3-2-6-15(16)17/h2-3,6-7,14H,4-5,8-13,18H2,1H3. The van der Waals surface area contributed by atoms with Crippen molar-refractivity contribution in [1.82, 2.24) is 4.90 Å². The number of para-hydroxylation sites is 1. The molecule has 1 atom stereocenters. The van der Waals surface area contributed by atoms with Gasteiger partial charge in [0.05, 0.1) is 10.7 Å². The smallest absolute Gasteiger partial charge is 0.0639 e.